The number of hydrogen-bond donors (Lipinski definition) is 0. The van der Waals surface area contributed by atoms with Crippen molar-refractivity contribution in [3.63, 3.8) is 0 Å². The summed E-state index contributed by atoms with van der Waals surface area (Å²) >= 11 is 0. The number of piperidine rings is 1. The summed E-state index contributed by atoms with van der Waals surface area (Å²) < 4.78 is 29.3. The quantitative estimate of drug-likeness (QED) is 0.861. The molecule has 1 aromatic carbocycles. The second-order valence-corrected chi connectivity index (χ2v) is 8.19. The molecule has 0 N–H and O–H groups in total. The number of sulfonamides is 1. The van der Waals surface area contributed by atoms with E-state index in [1.165, 1.54) is 0 Å². The van der Waals surface area contributed by atoms with Crippen molar-refractivity contribution in [3.8, 4) is 0 Å². The first-order chi connectivity index (χ1) is 10.9. The van der Waals surface area contributed by atoms with Gasteiger partial charge in [-0.15, -0.1) is 10.2 Å². The zero-order valence-corrected chi connectivity index (χ0v) is 14.5. The Labute approximate surface area is 137 Å². The van der Waals surface area contributed by atoms with E-state index in [4.69, 9.17) is 0 Å². The zero-order chi connectivity index (χ0) is 16.6. The molecule has 0 radical (unpaired) electrons. The van der Waals surface area contributed by atoms with Crippen LogP contribution in [0.1, 0.15) is 35.7 Å². The lowest BCUT2D eigenvalue weighted by molar-refractivity contribution is 0.306. The van der Waals surface area contributed by atoms with Gasteiger partial charge in [0.05, 0.1) is 4.90 Å². The first-order valence-corrected chi connectivity index (χ1v) is 9.25. The van der Waals surface area contributed by atoms with E-state index in [2.05, 4.69) is 10.2 Å². The van der Waals surface area contributed by atoms with Crippen LogP contribution < -0.4 is 0 Å². The van der Waals surface area contributed by atoms with Gasteiger partial charge in [-0.05, 0) is 49.9 Å². The Morgan fingerprint density at radius 2 is 2.00 bits per heavy atom. The molecule has 7 heteroatoms. The first kappa shape index (κ1) is 16.1. The first-order valence-electron chi connectivity index (χ1n) is 7.81. The number of nitrogens with zero attached hydrogens (tertiary/aromatic N) is 4. The monoisotopic (exact) mass is 334 g/mol. The second kappa shape index (κ2) is 6.05. The highest BCUT2D eigenvalue weighted by Gasteiger charge is 2.32. The molecular formula is C16H22N4O2S. The van der Waals surface area contributed by atoms with Gasteiger partial charge < -0.3 is 4.57 Å². The Kier molecular flexibility index (Phi) is 4.25. The Hall–Kier alpha value is -1.73. The molecular weight excluding hydrogens is 312 g/mol. The van der Waals surface area contributed by atoms with Crippen molar-refractivity contribution in [2.75, 3.05) is 13.1 Å². The number of aromatic nitrogens is 3. The summed E-state index contributed by atoms with van der Waals surface area (Å²) in [6.45, 7) is 4.94. The lowest BCUT2D eigenvalue weighted by Gasteiger charge is -2.31. The number of benzene rings is 1. The molecule has 1 fully saturated rings. The maximum Gasteiger partial charge on any atom is 0.243 e. The maximum absolute atomic E-state index is 12.9. The Morgan fingerprint density at radius 3 is 2.65 bits per heavy atom. The minimum absolute atomic E-state index is 0.0950. The molecule has 0 saturated carbocycles. The molecule has 2 aromatic rings. The van der Waals surface area contributed by atoms with Gasteiger partial charge in [0.25, 0.3) is 0 Å². The molecule has 3 rings (SSSR count). The summed E-state index contributed by atoms with van der Waals surface area (Å²) in [7, 11) is -1.57. The number of aryl methyl sites for hydroxylation is 3. The van der Waals surface area contributed by atoms with E-state index < -0.39 is 10.0 Å². The van der Waals surface area contributed by atoms with Gasteiger partial charge in [0, 0.05) is 26.1 Å². The molecule has 1 aliphatic heterocycles. The van der Waals surface area contributed by atoms with Crippen molar-refractivity contribution in [1.29, 1.82) is 0 Å². The van der Waals surface area contributed by atoms with Crippen LogP contribution in [0, 0.1) is 13.8 Å². The van der Waals surface area contributed by atoms with Crippen LogP contribution in [0.3, 0.4) is 0 Å². The molecule has 124 valence electrons. The van der Waals surface area contributed by atoms with Gasteiger partial charge in [-0.2, -0.15) is 4.31 Å². The van der Waals surface area contributed by atoms with E-state index >= 15 is 0 Å². The van der Waals surface area contributed by atoms with Crippen LogP contribution in [0.25, 0.3) is 0 Å². The Balaban J connectivity index is 1.88. The summed E-state index contributed by atoms with van der Waals surface area (Å²) in [6.07, 6.45) is 3.43. The largest absolute Gasteiger partial charge is 0.320 e. The van der Waals surface area contributed by atoms with Crippen LogP contribution in [0.4, 0.5) is 0 Å². The molecule has 0 spiro atoms. The van der Waals surface area contributed by atoms with E-state index in [-0.39, 0.29) is 5.92 Å². The Morgan fingerprint density at radius 1 is 1.22 bits per heavy atom. The SMILES string of the molecule is Cc1ccc(S(=O)(=O)N2CCC[C@@H](c3nncn3C)C2)cc1C. The fourth-order valence-electron chi connectivity index (χ4n) is 3.06. The fraction of sp³-hybridized carbons (Fsp3) is 0.500. The van der Waals surface area contributed by atoms with Crippen molar-refractivity contribution in [1.82, 2.24) is 19.1 Å². The average Bonchev–Trinajstić information content (AvgIpc) is 2.96. The lowest BCUT2D eigenvalue weighted by Crippen LogP contribution is -2.39. The normalized spacial score (nSPS) is 19.9. The van der Waals surface area contributed by atoms with Gasteiger partial charge >= 0.3 is 0 Å². The smallest absolute Gasteiger partial charge is 0.243 e. The second-order valence-electron chi connectivity index (χ2n) is 6.25. The molecule has 0 aliphatic carbocycles. The molecule has 0 amide bonds. The van der Waals surface area contributed by atoms with E-state index in [1.54, 1.807) is 22.8 Å². The minimum atomic E-state index is -3.46. The highest BCUT2D eigenvalue weighted by Crippen LogP contribution is 2.29. The van der Waals surface area contributed by atoms with E-state index in [9.17, 15) is 8.42 Å². The Bertz CT molecular complexity index is 813. The van der Waals surface area contributed by atoms with Crippen LogP contribution in [0.2, 0.25) is 0 Å². The zero-order valence-electron chi connectivity index (χ0n) is 13.7. The molecule has 23 heavy (non-hydrogen) atoms. The van der Waals surface area contributed by atoms with E-state index in [0.29, 0.717) is 18.0 Å². The van der Waals surface area contributed by atoms with Crippen LogP contribution in [0.5, 0.6) is 0 Å². The van der Waals surface area contributed by atoms with Crippen molar-refractivity contribution < 1.29 is 8.42 Å². The minimum Gasteiger partial charge on any atom is -0.320 e. The molecule has 1 aromatic heterocycles. The van der Waals surface area contributed by atoms with E-state index in [1.807, 2.05) is 31.5 Å². The maximum atomic E-state index is 12.9. The van der Waals surface area contributed by atoms with Gasteiger partial charge in [0.1, 0.15) is 12.2 Å². The topological polar surface area (TPSA) is 68.1 Å². The molecule has 0 unspecified atom stereocenters. The van der Waals surface area contributed by atoms with Crippen molar-refractivity contribution in [2.45, 2.75) is 37.5 Å². The van der Waals surface area contributed by atoms with Gasteiger partial charge in [-0.3, -0.25) is 0 Å². The molecule has 1 saturated heterocycles. The summed E-state index contributed by atoms with van der Waals surface area (Å²) in [5, 5.41) is 8.05. The third-order valence-corrected chi connectivity index (χ3v) is 6.47. The highest BCUT2D eigenvalue weighted by molar-refractivity contribution is 7.89. The van der Waals surface area contributed by atoms with E-state index in [0.717, 1.165) is 29.8 Å². The van der Waals surface area contributed by atoms with Crippen LogP contribution in [-0.2, 0) is 17.1 Å². The highest BCUT2D eigenvalue weighted by atomic mass is 32.2. The summed E-state index contributed by atoms with van der Waals surface area (Å²) in [6, 6.07) is 5.33. The summed E-state index contributed by atoms with van der Waals surface area (Å²) in [4.78, 5) is 0.374. The molecule has 1 aliphatic rings. The van der Waals surface area contributed by atoms with Gasteiger partial charge in [-0.25, -0.2) is 8.42 Å². The fourth-order valence-corrected chi connectivity index (χ4v) is 4.67. The molecule has 6 nitrogen and oxygen atoms in total. The van der Waals surface area contributed by atoms with Crippen molar-refractivity contribution in [2.24, 2.45) is 7.05 Å². The van der Waals surface area contributed by atoms with Crippen molar-refractivity contribution in [3.05, 3.63) is 41.5 Å². The van der Waals surface area contributed by atoms with Crippen molar-refractivity contribution >= 4 is 10.0 Å². The molecule has 1 atom stereocenters. The third-order valence-electron chi connectivity index (χ3n) is 4.61. The average molecular weight is 334 g/mol. The van der Waals surface area contributed by atoms with Gasteiger partial charge in [0.15, 0.2) is 0 Å². The number of hydrogen-bond acceptors (Lipinski definition) is 4. The molecule has 0 bridgehead atoms. The van der Waals surface area contributed by atoms with Gasteiger partial charge in [0.2, 0.25) is 10.0 Å². The lowest BCUT2D eigenvalue weighted by atomic mass is 9.99. The van der Waals surface area contributed by atoms with Crippen LogP contribution >= 0.6 is 0 Å². The number of rotatable bonds is 3. The standard InChI is InChI=1S/C16H22N4O2S/c1-12-6-7-15(9-13(12)2)23(21,22)20-8-4-5-14(10-20)16-18-17-11-19(16)3/h6-7,9,11,14H,4-5,8,10H2,1-3H3/t14-/m1/s1. The van der Waals surface area contributed by atoms with Crippen LogP contribution in [-0.4, -0.2) is 40.6 Å². The summed E-state index contributed by atoms with van der Waals surface area (Å²) in [5.41, 5.74) is 2.09. The third kappa shape index (κ3) is 3.03. The van der Waals surface area contributed by atoms with Gasteiger partial charge in [-0.1, -0.05) is 6.07 Å². The predicted molar refractivity (Wildman–Crippen MR) is 87.7 cm³/mol. The predicted octanol–water partition coefficient (Wildman–Crippen LogP) is 2.00. The van der Waals surface area contributed by atoms with Crippen LogP contribution in [0.15, 0.2) is 29.4 Å². The summed E-state index contributed by atoms with van der Waals surface area (Å²) in [5.74, 6) is 0.947. The molecule has 2 heterocycles.